The van der Waals surface area contributed by atoms with Gasteiger partial charge in [-0.15, -0.1) is 0 Å². The number of aryl methyl sites for hydroxylation is 1. The SMILES string of the molecule is O=c1[nH]cnc2c1C(F)=CCC2. The molecule has 1 aliphatic rings. The Labute approximate surface area is 68.0 Å². The Morgan fingerprint density at radius 1 is 1.58 bits per heavy atom. The topological polar surface area (TPSA) is 45.8 Å². The molecule has 12 heavy (non-hydrogen) atoms. The molecule has 0 aromatic carbocycles. The highest BCUT2D eigenvalue weighted by Crippen LogP contribution is 2.21. The van der Waals surface area contributed by atoms with E-state index in [1.807, 2.05) is 0 Å². The number of hydrogen-bond donors (Lipinski definition) is 1. The monoisotopic (exact) mass is 166 g/mol. The van der Waals surface area contributed by atoms with Crippen molar-refractivity contribution < 1.29 is 4.39 Å². The van der Waals surface area contributed by atoms with Gasteiger partial charge < -0.3 is 4.98 Å². The molecule has 4 heteroatoms. The number of hydrogen-bond acceptors (Lipinski definition) is 2. The van der Waals surface area contributed by atoms with Crippen LogP contribution in [0.2, 0.25) is 0 Å². The van der Waals surface area contributed by atoms with E-state index in [4.69, 9.17) is 0 Å². The van der Waals surface area contributed by atoms with Crippen LogP contribution in [0.25, 0.3) is 5.83 Å². The molecule has 0 aliphatic heterocycles. The molecule has 1 aromatic heterocycles. The van der Waals surface area contributed by atoms with Crippen LogP contribution >= 0.6 is 0 Å². The standard InChI is InChI=1S/C8H7FN2O/c9-5-2-1-3-6-7(5)8(12)11-4-10-6/h2,4H,1,3H2,(H,10,11,12). The minimum atomic E-state index is -0.453. The Bertz CT molecular complexity index is 394. The summed E-state index contributed by atoms with van der Waals surface area (Å²) in [5.41, 5.74) is 0.260. The summed E-state index contributed by atoms with van der Waals surface area (Å²) in [7, 11) is 0. The Balaban J connectivity index is 2.73. The third-order valence-electron chi connectivity index (χ3n) is 1.88. The summed E-state index contributed by atoms with van der Waals surface area (Å²) in [5.74, 6) is -0.453. The van der Waals surface area contributed by atoms with Gasteiger partial charge in [0.1, 0.15) is 5.83 Å². The first kappa shape index (κ1) is 7.21. The normalized spacial score (nSPS) is 15.2. The molecule has 0 radical (unpaired) electrons. The van der Waals surface area contributed by atoms with Gasteiger partial charge in [-0.1, -0.05) is 0 Å². The highest BCUT2D eigenvalue weighted by Gasteiger charge is 2.16. The summed E-state index contributed by atoms with van der Waals surface area (Å²) >= 11 is 0. The fourth-order valence-electron chi connectivity index (χ4n) is 1.31. The molecule has 0 atom stereocenters. The van der Waals surface area contributed by atoms with E-state index in [1.165, 1.54) is 12.4 Å². The van der Waals surface area contributed by atoms with Gasteiger partial charge in [0.05, 0.1) is 17.6 Å². The van der Waals surface area contributed by atoms with Crippen LogP contribution in [0.15, 0.2) is 17.2 Å². The molecule has 62 valence electrons. The summed E-state index contributed by atoms with van der Waals surface area (Å²) < 4.78 is 13.0. The van der Waals surface area contributed by atoms with E-state index in [2.05, 4.69) is 9.97 Å². The van der Waals surface area contributed by atoms with Crippen molar-refractivity contribution in [1.82, 2.24) is 9.97 Å². The minimum absolute atomic E-state index is 0.101. The van der Waals surface area contributed by atoms with Crippen molar-refractivity contribution in [3.8, 4) is 0 Å². The number of halogens is 1. The zero-order valence-electron chi connectivity index (χ0n) is 6.30. The van der Waals surface area contributed by atoms with Crippen LogP contribution in [-0.4, -0.2) is 9.97 Å². The fraction of sp³-hybridized carbons (Fsp3) is 0.250. The van der Waals surface area contributed by atoms with Crippen LogP contribution < -0.4 is 5.56 Å². The molecule has 0 saturated carbocycles. The van der Waals surface area contributed by atoms with Crippen LogP contribution in [0.1, 0.15) is 17.7 Å². The van der Waals surface area contributed by atoms with Crippen LogP contribution in [-0.2, 0) is 6.42 Å². The van der Waals surface area contributed by atoms with Gasteiger partial charge in [-0.3, -0.25) is 4.79 Å². The second-order valence-corrected chi connectivity index (χ2v) is 2.64. The van der Waals surface area contributed by atoms with Crippen molar-refractivity contribution >= 4 is 5.83 Å². The average molecular weight is 166 g/mol. The maximum absolute atomic E-state index is 13.0. The predicted octanol–water partition coefficient (Wildman–Crippen LogP) is 1.03. The molecule has 0 unspecified atom stereocenters. The first-order chi connectivity index (χ1) is 5.79. The molecule has 3 nitrogen and oxygen atoms in total. The molecule has 2 rings (SSSR count). The number of fused-ring (bicyclic) bond motifs is 1. The van der Waals surface area contributed by atoms with Crippen molar-refractivity contribution in [2.24, 2.45) is 0 Å². The maximum atomic E-state index is 13.0. The molecule has 1 aromatic rings. The first-order valence-electron chi connectivity index (χ1n) is 3.71. The van der Waals surface area contributed by atoms with Gasteiger partial charge in [0.2, 0.25) is 0 Å². The molecular formula is C8H7FN2O. The summed E-state index contributed by atoms with van der Waals surface area (Å²) in [6.07, 6.45) is 3.99. The minimum Gasteiger partial charge on any atom is -0.313 e. The Kier molecular flexibility index (Phi) is 1.53. The van der Waals surface area contributed by atoms with Crippen LogP contribution in [0, 0.1) is 0 Å². The van der Waals surface area contributed by atoms with E-state index in [-0.39, 0.29) is 5.56 Å². The lowest BCUT2D eigenvalue weighted by Crippen LogP contribution is -2.17. The van der Waals surface area contributed by atoms with E-state index in [0.717, 1.165) is 0 Å². The van der Waals surface area contributed by atoms with Crippen LogP contribution in [0.4, 0.5) is 4.39 Å². The summed E-state index contributed by atoms with van der Waals surface area (Å²) in [6.45, 7) is 0. The summed E-state index contributed by atoms with van der Waals surface area (Å²) in [6, 6.07) is 0. The summed E-state index contributed by atoms with van der Waals surface area (Å²) in [5, 5.41) is 0. The van der Waals surface area contributed by atoms with E-state index >= 15 is 0 Å². The number of allylic oxidation sites excluding steroid dienone is 1. The smallest absolute Gasteiger partial charge is 0.261 e. The van der Waals surface area contributed by atoms with Gasteiger partial charge in [-0.05, 0) is 18.9 Å². The average Bonchev–Trinajstić information content (AvgIpc) is 2.04. The van der Waals surface area contributed by atoms with E-state index in [0.29, 0.717) is 18.5 Å². The number of nitrogens with one attached hydrogen (secondary N) is 1. The van der Waals surface area contributed by atoms with Gasteiger partial charge in [-0.25, -0.2) is 9.37 Å². The largest absolute Gasteiger partial charge is 0.313 e. The van der Waals surface area contributed by atoms with Crippen molar-refractivity contribution in [2.45, 2.75) is 12.8 Å². The Morgan fingerprint density at radius 2 is 2.42 bits per heavy atom. The Morgan fingerprint density at radius 3 is 3.17 bits per heavy atom. The second-order valence-electron chi connectivity index (χ2n) is 2.64. The third kappa shape index (κ3) is 0.958. The zero-order valence-corrected chi connectivity index (χ0v) is 6.30. The van der Waals surface area contributed by atoms with E-state index < -0.39 is 11.4 Å². The van der Waals surface area contributed by atoms with Gasteiger partial charge in [0.25, 0.3) is 5.56 Å². The third-order valence-corrected chi connectivity index (χ3v) is 1.88. The molecule has 0 spiro atoms. The highest BCUT2D eigenvalue weighted by atomic mass is 19.1. The number of H-pyrrole nitrogens is 1. The van der Waals surface area contributed by atoms with Crippen LogP contribution in [0.3, 0.4) is 0 Å². The lowest BCUT2D eigenvalue weighted by atomic mass is 10.0. The maximum Gasteiger partial charge on any atom is 0.261 e. The van der Waals surface area contributed by atoms with Crippen molar-refractivity contribution in [3.63, 3.8) is 0 Å². The lowest BCUT2D eigenvalue weighted by Gasteiger charge is -2.08. The predicted molar refractivity (Wildman–Crippen MR) is 42.3 cm³/mol. The molecular weight excluding hydrogens is 159 g/mol. The molecule has 0 amide bonds. The van der Waals surface area contributed by atoms with Gasteiger partial charge in [-0.2, -0.15) is 0 Å². The molecule has 0 fully saturated rings. The lowest BCUT2D eigenvalue weighted by molar-refractivity contribution is 0.724. The zero-order chi connectivity index (χ0) is 8.55. The molecule has 0 bridgehead atoms. The van der Waals surface area contributed by atoms with Gasteiger partial charge >= 0.3 is 0 Å². The van der Waals surface area contributed by atoms with E-state index in [9.17, 15) is 9.18 Å². The van der Waals surface area contributed by atoms with Crippen LogP contribution in [0.5, 0.6) is 0 Å². The van der Waals surface area contributed by atoms with Gasteiger partial charge in [0, 0.05) is 0 Å². The quantitative estimate of drug-likeness (QED) is 0.625. The van der Waals surface area contributed by atoms with Gasteiger partial charge in [0.15, 0.2) is 0 Å². The molecule has 1 heterocycles. The molecule has 1 N–H and O–H groups in total. The van der Waals surface area contributed by atoms with Crippen molar-refractivity contribution in [1.29, 1.82) is 0 Å². The highest BCUT2D eigenvalue weighted by molar-refractivity contribution is 5.61. The first-order valence-corrected chi connectivity index (χ1v) is 3.71. The second kappa shape index (κ2) is 2.55. The number of aromatic nitrogens is 2. The van der Waals surface area contributed by atoms with E-state index in [1.54, 1.807) is 0 Å². The van der Waals surface area contributed by atoms with Crippen molar-refractivity contribution in [2.75, 3.05) is 0 Å². The molecule has 1 aliphatic carbocycles. The number of aromatic amines is 1. The summed E-state index contributed by atoms with van der Waals surface area (Å²) in [4.78, 5) is 17.3. The van der Waals surface area contributed by atoms with Crippen molar-refractivity contribution in [3.05, 3.63) is 34.0 Å². The number of nitrogens with zero attached hydrogens (tertiary/aromatic N) is 1. The number of rotatable bonds is 0. The Hall–Kier alpha value is -1.45. The fourth-order valence-corrected chi connectivity index (χ4v) is 1.31. The molecule has 0 saturated heterocycles.